The van der Waals surface area contributed by atoms with Crippen LogP contribution in [0, 0.1) is 0 Å². The van der Waals surface area contributed by atoms with Gasteiger partial charge < -0.3 is 5.32 Å². The first-order valence-electron chi connectivity index (χ1n) is 2.85. The summed E-state index contributed by atoms with van der Waals surface area (Å²) in [6, 6.07) is 0. The van der Waals surface area contributed by atoms with Crippen molar-refractivity contribution in [1.82, 2.24) is 5.32 Å². The molecule has 0 amide bonds. The van der Waals surface area contributed by atoms with Gasteiger partial charge in [-0.2, -0.15) is 0 Å². The predicted octanol–water partition coefficient (Wildman–Crippen LogP) is 0.976. The van der Waals surface area contributed by atoms with E-state index in [4.69, 9.17) is 0 Å². The molecule has 0 unspecified atom stereocenters. The molecule has 0 bridgehead atoms. The van der Waals surface area contributed by atoms with Crippen LogP contribution in [0.15, 0.2) is 30.3 Å². The first-order chi connectivity index (χ1) is 4.41. The number of aliphatic imine (C=N–C) groups is 1. The standard InChI is InChI=1S/C7H12N2/c1-3-5-8-7-9-6-4-2/h3-4,7H,1-2,5-6H2,(H,8,9). The first-order valence-corrected chi connectivity index (χ1v) is 2.85. The molecule has 0 aromatic rings. The molecule has 0 spiro atoms. The Kier molecular flexibility index (Phi) is 6.14. The van der Waals surface area contributed by atoms with Crippen molar-refractivity contribution in [3.63, 3.8) is 0 Å². The van der Waals surface area contributed by atoms with E-state index in [0.29, 0.717) is 6.54 Å². The largest absolute Gasteiger partial charge is 0.373 e. The molecule has 50 valence electrons. The van der Waals surface area contributed by atoms with Gasteiger partial charge in [-0.1, -0.05) is 12.2 Å². The Balaban J connectivity index is 3.03. The smallest absolute Gasteiger partial charge is 0.0830 e. The lowest BCUT2D eigenvalue weighted by molar-refractivity contribution is 1.05. The fourth-order valence-corrected chi connectivity index (χ4v) is 0.328. The molecule has 2 heteroatoms. The van der Waals surface area contributed by atoms with Gasteiger partial charge in [0, 0.05) is 6.54 Å². The van der Waals surface area contributed by atoms with Gasteiger partial charge in [0.05, 0.1) is 12.9 Å². The minimum atomic E-state index is 0.671. The van der Waals surface area contributed by atoms with Gasteiger partial charge in [0.25, 0.3) is 0 Å². The molecule has 0 saturated carbocycles. The molecule has 0 aromatic carbocycles. The van der Waals surface area contributed by atoms with Crippen molar-refractivity contribution in [2.75, 3.05) is 13.1 Å². The highest BCUT2D eigenvalue weighted by atomic mass is 14.9. The Morgan fingerprint density at radius 3 is 2.67 bits per heavy atom. The molecule has 0 aliphatic heterocycles. The highest BCUT2D eigenvalue weighted by Gasteiger charge is 1.68. The zero-order valence-electron chi connectivity index (χ0n) is 5.51. The van der Waals surface area contributed by atoms with Crippen molar-refractivity contribution in [1.29, 1.82) is 0 Å². The maximum atomic E-state index is 3.93. The second kappa shape index (κ2) is 6.95. The second-order valence-electron chi connectivity index (χ2n) is 1.48. The van der Waals surface area contributed by atoms with Crippen LogP contribution in [0.2, 0.25) is 0 Å². The normalized spacial score (nSPS) is 9.33. The summed E-state index contributed by atoms with van der Waals surface area (Å²) in [5.41, 5.74) is 0. The fourth-order valence-electron chi connectivity index (χ4n) is 0.328. The third-order valence-electron chi connectivity index (χ3n) is 0.679. The Bertz CT molecular complexity index is 105. The Morgan fingerprint density at radius 1 is 1.33 bits per heavy atom. The van der Waals surface area contributed by atoms with Crippen LogP contribution in [-0.4, -0.2) is 19.4 Å². The Hall–Kier alpha value is -1.05. The van der Waals surface area contributed by atoms with Crippen LogP contribution >= 0.6 is 0 Å². The maximum absolute atomic E-state index is 3.93. The average molecular weight is 124 g/mol. The van der Waals surface area contributed by atoms with Gasteiger partial charge in [-0.15, -0.1) is 13.2 Å². The van der Waals surface area contributed by atoms with Gasteiger partial charge in [0.15, 0.2) is 0 Å². The van der Waals surface area contributed by atoms with E-state index in [1.54, 1.807) is 18.5 Å². The monoisotopic (exact) mass is 124 g/mol. The summed E-state index contributed by atoms with van der Waals surface area (Å²) in [7, 11) is 0. The highest BCUT2D eigenvalue weighted by molar-refractivity contribution is 5.54. The third-order valence-corrected chi connectivity index (χ3v) is 0.679. The van der Waals surface area contributed by atoms with Gasteiger partial charge >= 0.3 is 0 Å². The van der Waals surface area contributed by atoms with Crippen LogP contribution < -0.4 is 5.32 Å². The topological polar surface area (TPSA) is 24.4 Å². The van der Waals surface area contributed by atoms with E-state index >= 15 is 0 Å². The first kappa shape index (κ1) is 7.95. The molecule has 0 rings (SSSR count). The summed E-state index contributed by atoms with van der Waals surface area (Å²) in [6.07, 6.45) is 5.18. The Labute approximate surface area is 56.0 Å². The van der Waals surface area contributed by atoms with E-state index in [9.17, 15) is 0 Å². The number of nitrogens with zero attached hydrogens (tertiary/aromatic N) is 1. The van der Waals surface area contributed by atoms with Crippen LogP contribution in [0.25, 0.3) is 0 Å². The lowest BCUT2D eigenvalue weighted by Gasteiger charge is -1.89. The second-order valence-corrected chi connectivity index (χ2v) is 1.48. The summed E-state index contributed by atoms with van der Waals surface area (Å²) in [4.78, 5) is 3.93. The van der Waals surface area contributed by atoms with Crippen LogP contribution in [-0.2, 0) is 0 Å². The molecule has 0 aliphatic carbocycles. The molecule has 0 aliphatic rings. The predicted molar refractivity (Wildman–Crippen MR) is 41.8 cm³/mol. The quantitative estimate of drug-likeness (QED) is 0.251. The van der Waals surface area contributed by atoms with Crippen LogP contribution in [0.5, 0.6) is 0 Å². The molecule has 0 saturated heterocycles. The molecule has 2 nitrogen and oxygen atoms in total. The summed E-state index contributed by atoms with van der Waals surface area (Å²) in [5, 5.41) is 2.91. The van der Waals surface area contributed by atoms with Crippen molar-refractivity contribution in [2.45, 2.75) is 0 Å². The maximum Gasteiger partial charge on any atom is 0.0830 e. The fraction of sp³-hybridized carbons (Fsp3) is 0.286. The molecule has 0 aromatic heterocycles. The van der Waals surface area contributed by atoms with Crippen molar-refractivity contribution in [2.24, 2.45) is 4.99 Å². The summed E-state index contributed by atoms with van der Waals surface area (Å²) < 4.78 is 0. The van der Waals surface area contributed by atoms with Gasteiger partial charge in [0.2, 0.25) is 0 Å². The van der Waals surface area contributed by atoms with Gasteiger partial charge in [-0.3, -0.25) is 4.99 Å². The van der Waals surface area contributed by atoms with Crippen molar-refractivity contribution in [3.05, 3.63) is 25.3 Å². The molecule has 9 heavy (non-hydrogen) atoms. The molecule has 1 N–H and O–H groups in total. The highest BCUT2D eigenvalue weighted by Crippen LogP contribution is 1.65. The van der Waals surface area contributed by atoms with Crippen LogP contribution in [0.4, 0.5) is 0 Å². The summed E-state index contributed by atoms with van der Waals surface area (Å²) >= 11 is 0. The molecule has 0 heterocycles. The lowest BCUT2D eigenvalue weighted by atomic mass is 10.6. The lowest BCUT2D eigenvalue weighted by Crippen LogP contribution is -2.09. The average Bonchev–Trinajstić information content (AvgIpc) is 1.89. The van der Waals surface area contributed by atoms with Gasteiger partial charge in [-0.05, 0) is 0 Å². The minimum absolute atomic E-state index is 0.671. The van der Waals surface area contributed by atoms with Gasteiger partial charge in [0.1, 0.15) is 0 Å². The van der Waals surface area contributed by atoms with E-state index in [1.165, 1.54) is 0 Å². The van der Waals surface area contributed by atoms with Crippen molar-refractivity contribution in [3.8, 4) is 0 Å². The van der Waals surface area contributed by atoms with Crippen LogP contribution in [0.3, 0.4) is 0 Å². The number of rotatable bonds is 5. The summed E-state index contributed by atoms with van der Waals surface area (Å²) in [5.74, 6) is 0. The molecule has 0 fully saturated rings. The number of nitrogens with one attached hydrogen (secondary N) is 1. The number of hydrogen-bond acceptors (Lipinski definition) is 1. The zero-order chi connectivity index (χ0) is 6.95. The van der Waals surface area contributed by atoms with Gasteiger partial charge in [-0.25, -0.2) is 0 Å². The third kappa shape index (κ3) is 6.95. The molecular formula is C7H12N2. The SMILES string of the molecule is C=CCN=CNCC=C. The minimum Gasteiger partial charge on any atom is -0.373 e. The van der Waals surface area contributed by atoms with E-state index in [-0.39, 0.29) is 0 Å². The van der Waals surface area contributed by atoms with Crippen LogP contribution in [0.1, 0.15) is 0 Å². The number of hydrogen-bond donors (Lipinski definition) is 1. The van der Waals surface area contributed by atoms with Crippen molar-refractivity contribution < 1.29 is 0 Å². The van der Waals surface area contributed by atoms with E-state index in [0.717, 1.165) is 6.54 Å². The van der Waals surface area contributed by atoms with Crippen molar-refractivity contribution >= 4 is 6.34 Å². The zero-order valence-corrected chi connectivity index (χ0v) is 5.51. The molecule has 0 atom stereocenters. The van der Waals surface area contributed by atoms with E-state index < -0.39 is 0 Å². The molecular weight excluding hydrogens is 112 g/mol. The van der Waals surface area contributed by atoms with E-state index in [1.807, 2.05) is 0 Å². The Morgan fingerprint density at radius 2 is 2.11 bits per heavy atom. The van der Waals surface area contributed by atoms with E-state index in [2.05, 4.69) is 23.5 Å². The summed E-state index contributed by atoms with van der Waals surface area (Å²) in [6.45, 7) is 8.49. The molecule has 0 radical (unpaired) electrons.